The van der Waals surface area contributed by atoms with Gasteiger partial charge in [0.2, 0.25) is 12.3 Å². The molecule has 35 heavy (non-hydrogen) atoms. The van der Waals surface area contributed by atoms with Crippen LogP contribution in [0.25, 0.3) is 11.0 Å². The standard InChI is InChI=1S/C29H38N4O2/c1-4-33-25-10-7-20-21-8-5-18(15-26-31-23-9-6-19(30-17-34)16-24(23)32-26)28(21,2)13-11-22(20)29(25,3)14-12-27(33)35/h6,9,12,14,16-18,20-22,25H,4-5,7-8,10-11,13,15H2,1-3H3,(H,30,34)(H,31,32)/t18-,20+,21+,22+,25-,28-,29-/m1/s1. The number of nitrogens with zero attached hydrogens (tertiary/aromatic N) is 2. The van der Waals surface area contributed by atoms with E-state index < -0.39 is 0 Å². The summed E-state index contributed by atoms with van der Waals surface area (Å²) in [4.78, 5) is 33.9. The Hall–Kier alpha value is -2.63. The molecule has 2 N–H and O–H groups in total. The van der Waals surface area contributed by atoms with Gasteiger partial charge in [-0.1, -0.05) is 19.9 Å². The zero-order valence-electron chi connectivity index (χ0n) is 21.2. The fraction of sp³-hybridized carbons (Fsp3) is 0.621. The van der Waals surface area contributed by atoms with Crippen LogP contribution in [0.1, 0.15) is 65.1 Å². The molecular formula is C29H38N4O2. The molecule has 2 aromatic rings. The monoisotopic (exact) mass is 474 g/mol. The largest absolute Gasteiger partial charge is 0.342 e. The summed E-state index contributed by atoms with van der Waals surface area (Å²) < 4.78 is 0. The number of aromatic amines is 1. The molecule has 0 radical (unpaired) electrons. The normalized spacial score (nSPS) is 38.2. The van der Waals surface area contributed by atoms with Crippen molar-refractivity contribution in [3.05, 3.63) is 36.2 Å². The minimum atomic E-state index is 0.109. The van der Waals surface area contributed by atoms with Gasteiger partial charge in [-0.2, -0.15) is 0 Å². The number of anilines is 1. The number of H-pyrrole nitrogens is 1. The third kappa shape index (κ3) is 3.39. The van der Waals surface area contributed by atoms with E-state index >= 15 is 0 Å². The lowest BCUT2D eigenvalue weighted by Gasteiger charge is -2.60. The lowest BCUT2D eigenvalue weighted by molar-refractivity contribution is -0.141. The highest BCUT2D eigenvalue weighted by Gasteiger charge is 2.60. The van der Waals surface area contributed by atoms with Crippen LogP contribution >= 0.6 is 0 Å². The third-order valence-corrected chi connectivity index (χ3v) is 10.7. The number of rotatable bonds is 5. The summed E-state index contributed by atoms with van der Waals surface area (Å²) >= 11 is 0. The first kappa shape index (κ1) is 22.8. The van der Waals surface area contributed by atoms with Crippen LogP contribution in [-0.4, -0.2) is 39.8 Å². The number of likely N-dealkylation sites (N-methyl/N-ethyl adjacent to an activating group) is 1. The minimum absolute atomic E-state index is 0.109. The smallest absolute Gasteiger partial charge is 0.246 e. The second-order valence-corrected chi connectivity index (χ2v) is 12.0. The Balaban J connectivity index is 1.23. The Bertz CT molecular complexity index is 1190. The van der Waals surface area contributed by atoms with Crippen LogP contribution in [0.2, 0.25) is 0 Å². The van der Waals surface area contributed by atoms with Crippen LogP contribution in [-0.2, 0) is 16.0 Å². The molecule has 7 atom stereocenters. The number of fused-ring (bicyclic) bond motifs is 6. The highest BCUT2D eigenvalue weighted by Crippen LogP contribution is 2.65. The Kier molecular flexibility index (Phi) is 5.35. The Morgan fingerprint density at radius 2 is 2.03 bits per heavy atom. The molecule has 6 nitrogen and oxygen atoms in total. The first-order valence-corrected chi connectivity index (χ1v) is 13.6. The van der Waals surface area contributed by atoms with E-state index in [-0.39, 0.29) is 11.3 Å². The van der Waals surface area contributed by atoms with Crippen molar-refractivity contribution < 1.29 is 9.59 Å². The summed E-state index contributed by atoms with van der Waals surface area (Å²) in [5, 5.41) is 2.73. The van der Waals surface area contributed by atoms with Crippen molar-refractivity contribution in [3.63, 3.8) is 0 Å². The van der Waals surface area contributed by atoms with E-state index in [1.807, 2.05) is 24.3 Å². The van der Waals surface area contributed by atoms with Crippen LogP contribution in [0.5, 0.6) is 0 Å². The summed E-state index contributed by atoms with van der Waals surface area (Å²) in [5.41, 5.74) is 3.20. The van der Waals surface area contributed by atoms with E-state index in [4.69, 9.17) is 4.98 Å². The maximum Gasteiger partial charge on any atom is 0.246 e. The van der Waals surface area contributed by atoms with Gasteiger partial charge in [0.1, 0.15) is 5.82 Å². The molecule has 1 aromatic heterocycles. The quantitative estimate of drug-likeness (QED) is 0.576. The minimum Gasteiger partial charge on any atom is -0.342 e. The predicted molar refractivity (Wildman–Crippen MR) is 138 cm³/mol. The summed E-state index contributed by atoms with van der Waals surface area (Å²) in [6, 6.07) is 6.21. The van der Waals surface area contributed by atoms with Gasteiger partial charge < -0.3 is 15.2 Å². The molecule has 2 heterocycles. The predicted octanol–water partition coefficient (Wildman–Crippen LogP) is 5.32. The SMILES string of the molecule is CCN1C(=O)C=C[C@]2(C)[C@H]3CC[C@]4(C)[C@@H](Cc5nc6ccc(NC=O)cc6[nH]5)CC[C@H]4[C@@H]3CC[C@@H]12. The van der Waals surface area contributed by atoms with Gasteiger partial charge in [0.15, 0.2) is 0 Å². The first-order chi connectivity index (χ1) is 16.9. The van der Waals surface area contributed by atoms with E-state index in [2.05, 4.69) is 42.0 Å². The van der Waals surface area contributed by atoms with E-state index in [1.165, 1.54) is 32.1 Å². The van der Waals surface area contributed by atoms with Gasteiger partial charge in [-0.15, -0.1) is 0 Å². The molecule has 3 saturated carbocycles. The highest BCUT2D eigenvalue weighted by molar-refractivity contribution is 5.89. The zero-order valence-corrected chi connectivity index (χ0v) is 21.2. The molecule has 6 heteroatoms. The Labute approximate surface area is 207 Å². The van der Waals surface area contributed by atoms with Crippen molar-refractivity contribution in [2.24, 2.45) is 34.5 Å². The topological polar surface area (TPSA) is 78.1 Å². The van der Waals surface area contributed by atoms with Crippen molar-refractivity contribution in [1.29, 1.82) is 0 Å². The average molecular weight is 475 g/mol. The molecule has 1 aliphatic heterocycles. The number of nitrogens with one attached hydrogen (secondary N) is 2. The van der Waals surface area contributed by atoms with Crippen molar-refractivity contribution in [1.82, 2.24) is 14.9 Å². The number of carbonyl (C=O) groups excluding carboxylic acids is 2. The van der Waals surface area contributed by atoms with E-state index in [0.717, 1.165) is 53.8 Å². The van der Waals surface area contributed by atoms with Gasteiger partial charge in [0, 0.05) is 30.1 Å². The lowest BCUT2D eigenvalue weighted by Crippen LogP contribution is -2.60. The van der Waals surface area contributed by atoms with Crippen LogP contribution < -0.4 is 5.32 Å². The number of carbonyl (C=O) groups is 2. The Morgan fingerprint density at radius 3 is 2.83 bits per heavy atom. The Morgan fingerprint density at radius 1 is 1.17 bits per heavy atom. The molecule has 0 saturated heterocycles. The third-order valence-electron chi connectivity index (χ3n) is 10.7. The molecule has 0 unspecified atom stereocenters. The lowest BCUT2D eigenvalue weighted by atomic mass is 9.47. The van der Waals surface area contributed by atoms with Gasteiger partial charge >= 0.3 is 0 Å². The number of hydrogen-bond donors (Lipinski definition) is 2. The second-order valence-electron chi connectivity index (χ2n) is 12.0. The van der Waals surface area contributed by atoms with Gasteiger partial charge in [-0.3, -0.25) is 9.59 Å². The maximum absolute atomic E-state index is 12.6. The fourth-order valence-electron chi connectivity index (χ4n) is 8.97. The van der Waals surface area contributed by atoms with Crippen molar-refractivity contribution >= 4 is 29.0 Å². The molecule has 3 fully saturated rings. The van der Waals surface area contributed by atoms with E-state index in [9.17, 15) is 9.59 Å². The number of aromatic nitrogens is 2. The van der Waals surface area contributed by atoms with Crippen LogP contribution in [0.4, 0.5) is 5.69 Å². The van der Waals surface area contributed by atoms with E-state index in [1.54, 1.807) is 0 Å². The highest BCUT2D eigenvalue weighted by atomic mass is 16.2. The van der Waals surface area contributed by atoms with Gasteiger partial charge in [0.05, 0.1) is 11.0 Å². The molecule has 0 bridgehead atoms. The summed E-state index contributed by atoms with van der Waals surface area (Å²) in [6.07, 6.45) is 13.4. The van der Waals surface area contributed by atoms with Crippen molar-refractivity contribution in [2.75, 3.05) is 11.9 Å². The molecule has 4 aliphatic rings. The number of amides is 2. The molecule has 6 rings (SSSR count). The molecule has 3 aliphatic carbocycles. The van der Waals surface area contributed by atoms with Crippen molar-refractivity contribution in [3.8, 4) is 0 Å². The molecule has 1 aromatic carbocycles. The van der Waals surface area contributed by atoms with Gasteiger partial charge in [-0.25, -0.2) is 4.98 Å². The molecular weight excluding hydrogens is 436 g/mol. The van der Waals surface area contributed by atoms with Crippen LogP contribution in [0.15, 0.2) is 30.4 Å². The summed E-state index contributed by atoms with van der Waals surface area (Å²) in [5.74, 6) is 4.10. The van der Waals surface area contributed by atoms with Crippen molar-refractivity contribution in [2.45, 2.75) is 71.8 Å². The second kappa shape index (κ2) is 8.21. The van der Waals surface area contributed by atoms with Gasteiger partial charge in [-0.05, 0) is 98.8 Å². The number of imidazole rings is 1. The molecule has 186 valence electrons. The van der Waals surface area contributed by atoms with Crippen LogP contribution in [0, 0.1) is 34.5 Å². The molecule has 0 spiro atoms. The number of benzene rings is 1. The number of hydrogen-bond acceptors (Lipinski definition) is 3. The zero-order chi connectivity index (χ0) is 24.4. The summed E-state index contributed by atoms with van der Waals surface area (Å²) in [6.45, 7) is 7.94. The first-order valence-electron chi connectivity index (χ1n) is 13.6. The van der Waals surface area contributed by atoms with Gasteiger partial charge in [0.25, 0.3) is 0 Å². The van der Waals surface area contributed by atoms with E-state index in [0.29, 0.717) is 29.7 Å². The molecule has 2 amide bonds. The summed E-state index contributed by atoms with van der Waals surface area (Å²) in [7, 11) is 0. The maximum atomic E-state index is 12.6. The average Bonchev–Trinajstić information content (AvgIpc) is 3.39. The fourth-order valence-corrected chi connectivity index (χ4v) is 8.97. The van der Waals surface area contributed by atoms with Crippen LogP contribution in [0.3, 0.4) is 0 Å².